The normalized spacial score (nSPS) is 14.8. The predicted octanol–water partition coefficient (Wildman–Crippen LogP) is 4.49. The zero-order valence-corrected chi connectivity index (χ0v) is 16.9. The minimum Gasteiger partial charge on any atom is -0.488 e. The molecule has 0 spiro atoms. The van der Waals surface area contributed by atoms with Crippen LogP contribution in [0.4, 0.5) is 0 Å². The predicted molar refractivity (Wildman–Crippen MR) is 113 cm³/mol. The fourth-order valence-electron chi connectivity index (χ4n) is 3.36. The quantitative estimate of drug-likeness (QED) is 0.680. The second kappa shape index (κ2) is 8.62. The van der Waals surface area contributed by atoms with Gasteiger partial charge in [-0.15, -0.1) is 0 Å². The van der Waals surface area contributed by atoms with Crippen LogP contribution in [-0.4, -0.2) is 37.2 Å². The second-order valence-electron chi connectivity index (χ2n) is 6.82. The Morgan fingerprint density at radius 1 is 1.14 bits per heavy atom. The number of rotatable bonds is 5. The number of ether oxygens (including phenoxy) is 3. The largest absolute Gasteiger partial charge is 0.488 e. The van der Waals surface area contributed by atoms with Gasteiger partial charge in [0.2, 0.25) is 5.91 Å². The molecule has 0 unspecified atom stereocenters. The van der Waals surface area contributed by atoms with Crippen LogP contribution in [-0.2, 0) is 11.3 Å². The van der Waals surface area contributed by atoms with Gasteiger partial charge in [0.05, 0.1) is 0 Å². The van der Waals surface area contributed by atoms with Gasteiger partial charge < -0.3 is 19.1 Å². The number of carbonyl (C=O) groups is 1. The van der Waals surface area contributed by atoms with Gasteiger partial charge >= 0.3 is 0 Å². The van der Waals surface area contributed by atoms with Gasteiger partial charge in [-0.1, -0.05) is 29.8 Å². The number of fused-ring (bicyclic) bond motifs is 2. The Bertz CT molecular complexity index is 983. The summed E-state index contributed by atoms with van der Waals surface area (Å²) in [6.07, 6.45) is 5.37. The second-order valence-corrected chi connectivity index (χ2v) is 7.25. The highest BCUT2D eigenvalue weighted by molar-refractivity contribution is 6.30. The lowest BCUT2D eigenvalue weighted by atomic mass is 10.1. The number of nitrogens with zero attached hydrogens (tertiary/aromatic N) is 1. The van der Waals surface area contributed by atoms with Gasteiger partial charge in [0.1, 0.15) is 25.6 Å². The Hall–Kier alpha value is -2.92. The maximum atomic E-state index is 12.8. The van der Waals surface area contributed by atoms with E-state index in [1.54, 1.807) is 23.1 Å². The third-order valence-electron chi connectivity index (χ3n) is 4.85. The van der Waals surface area contributed by atoms with E-state index in [0.29, 0.717) is 37.9 Å². The minimum atomic E-state index is -0.0698. The van der Waals surface area contributed by atoms with E-state index in [9.17, 15) is 4.79 Å². The van der Waals surface area contributed by atoms with E-state index < -0.39 is 0 Å². The summed E-state index contributed by atoms with van der Waals surface area (Å²) in [5, 5.41) is 0.652. The highest BCUT2D eigenvalue weighted by atomic mass is 35.5. The third kappa shape index (κ3) is 4.40. The van der Waals surface area contributed by atoms with Crippen molar-refractivity contribution in [3.8, 4) is 17.2 Å². The van der Waals surface area contributed by atoms with E-state index in [2.05, 4.69) is 0 Å². The molecule has 0 bridgehead atoms. The van der Waals surface area contributed by atoms with Crippen molar-refractivity contribution in [2.24, 2.45) is 0 Å². The first-order valence-corrected chi connectivity index (χ1v) is 9.99. The maximum Gasteiger partial charge on any atom is 0.246 e. The summed E-state index contributed by atoms with van der Waals surface area (Å²) >= 11 is 6.06. The summed E-state index contributed by atoms with van der Waals surface area (Å²) < 4.78 is 17.1. The summed E-state index contributed by atoms with van der Waals surface area (Å²) in [7, 11) is 0. The first-order chi connectivity index (χ1) is 14.1. The van der Waals surface area contributed by atoms with E-state index >= 15 is 0 Å². The maximum absolute atomic E-state index is 12.8. The number of amides is 1. The van der Waals surface area contributed by atoms with E-state index in [4.69, 9.17) is 25.8 Å². The first kappa shape index (κ1) is 19.4. The van der Waals surface area contributed by atoms with Gasteiger partial charge in [-0.25, -0.2) is 0 Å². The molecule has 2 aromatic rings. The van der Waals surface area contributed by atoms with Gasteiger partial charge in [-0.2, -0.15) is 0 Å². The van der Waals surface area contributed by atoms with E-state index in [-0.39, 0.29) is 5.91 Å². The fourth-order valence-corrected chi connectivity index (χ4v) is 3.54. The molecule has 0 aromatic heterocycles. The summed E-state index contributed by atoms with van der Waals surface area (Å²) in [5.41, 5.74) is 2.77. The van der Waals surface area contributed by atoms with Crippen molar-refractivity contribution in [3.05, 3.63) is 70.3 Å². The van der Waals surface area contributed by atoms with E-state index in [1.807, 2.05) is 43.3 Å². The van der Waals surface area contributed by atoms with Crippen LogP contribution in [0, 0.1) is 0 Å². The molecule has 150 valence electrons. The topological polar surface area (TPSA) is 48.0 Å². The summed E-state index contributed by atoms with van der Waals surface area (Å²) in [4.78, 5) is 14.5. The molecule has 2 aliphatic rings. The van der Waals surface area contributed by atoms with E-state index in [0.717, 1.165) is 33.9 Å². The fraction of sp³-hybridized carbons (Fsp3) is 0.261. The van der Waals surface area contributed by atoms with Crippen LogP contribution in [0.3, 0.4) is 0 Å². The lowest BCUT2D eigenvalue weighted by Gasteiger charge is -2.24. The average molecular weight is 412 g/mol. The number of hydrogen-bond acceptors (Lipinski definition) is 4. The molecule has 0 saturated carbocycles. The number of carbonyl (C=O) groups excluding carboxylic acids is 1. The molecule has 29 heavy (non-hydrogen) atoms. The van der Waals surface area contributed by atoms with Crippen molar-refractivity contribution in [2.45, 2.75) is 13.5 Å². The van der Waals surface area contributed by atoms with E-state index in [1.165, 1.54) is 0 Å². The third-order valence-corrected chi connectivity index (χ3v) is 5.08. The van der Waals surface area contributed by atoms with Crippen molar-refractivity contribution in [1.82, 2.24) is 4.90 Å². The van der Waals surface area contributed by atoms with Gasteiger partial charge in [0.15, 0.2) is 11.5 Å². The van der Waals surface area contributed by atoms with Crippen LogP contribution in [0.5, 0.6) is 17.2 Å². The van der Waals surface area contributed by atoms with Crippen LogP contribution in [0.25, 0.3) is 6.08 Å². The molecule has 0 N–H and O–H groups in total. The lowest BCUT2D eigenvalue weighted by molar-refractivity contribution is -0.126. The van der Waals surface area contributed by atoms with Crippen molar-refractivity contribution in [1.29, 1.82) is 0 Å². The lowest BCUT2D eigenvalue weighted by Crippen LogP contribution is -2.29. The molecular weight excluding hydrogens is 390 g/mol. The van der Waals surface area contributed by atoms with Crippen molar-refractivity contribution in [2.75, 3.05) is 26.4 Å². The zero-order chi connectivity index (χ0) is 20.2. The van der Waals surface area contributed by atoms with Crippen molar-refractivity contribution >= 4 is 23.6 Å². The number of para-hydroxylation sites is 1. The molecule has 0 radical (unpaired) electrons. The van der Waals surface area contributed by atoms with Crippen LogP contribution in [0.15, 0.2) is 54.1 Å². The summed E-state index contributed by atoms with van der Waals surface area (Å²) in [6.45, 7) is 4.48. The minimum absolute atomic E-state index is 0.0698. The summed E-state index contributed by atoms with van der Waals surface area (Å²) in [6, 6.07) is 11.3. The molecular formula is C23H22ClNO4. The first-order valence-electron chi connectivity index (χ1n) is 9.61. The highest BCUT2D eigenvalue weighted by Crippen LogP contribution is 2.34. The molecule has 1 amide bonds. The zero-order valence-electron chi connectivity index (χ0n) is 16.2. The number of benzene rings is 2. The monoisotopic (exact) mass is 411 g/mol. The molecule has 0 saturated heterocycles. The molecule has 5 nitrogen and oxygen atoms in total. The van der Waals surface area contributed by atoms with Gasteiger partial charge in [0.25, 0.3) is 0 Å². The number of hydrogen-bond donors (Lipinski definition) is 0. The highest BCUT2D eigenvalue weighted by Gasteiger charge is 2.19. The Morgan fingerprint density at radius 3 is 2.86 bits per heavy atom. The molecule has 6 heteroatoms. The smallest absolute Gasteiger partial charge is 0.246 e. The summed E-state index contributed by atoms with van der Waals surface area (Å²) in [5.74, 6) is 2.18. The molecule has 0 fully saturated rings. The van der Waals surface area contributed by atoms with Gasteiger partial charge in [0, 0.05) is 35.3 Å². The van der Waals surface area contributed by atoms with Gasteiger partial charge in [-0.05, 0) is 42.8 Å². The number of likely N-dealkylation sites (N-methyl/N-ethyl adjacent to an activating group) is 1. The van der Waals surface area contributed by atoms with Crippen molar-refractivity contribution < 1.29 is 19.0 Å². The molecule has 2 heterocycles. The SMILES string of the molecule is CCN(Cc1cccc2c1OCCO2)C(=O)/C=C/C1=Cc2cc(Cl)ccc2OC1. The number of halogens is 1. The Balaban J connectivity index is 1.47. The standard InChI is InChI=1S/C23H22ClNO4/c1-2-25(14-17-4-3-5-21-23(17)28-11-10-27-21)22(26)9-6-16-12-18-13-19(24)7-8-20(18)29-15-16/h3-9,12-13H,2,10-11,14-15H2,1H3/b9-6+. The average Bonchev–Trinajstić information content (AvgIpc) is 2.75. The Morgan fingerprint density at radius 2 is 2.00 bits per heavy atom. The Kier molecular flexibility index (Phi) is 5.76. The van der Waals surface area contributed by atoms with Crippen LogP contribution in [0.1, 0.15) is 18.1 Å². The van der Waals surface area contributed by atoms with Crippen LogP contribution >= 0.6 is 11.6 Å². The molecule has 2 aliphatic heterocycles. The van der Waals surface area contributed by atoms with Crippen molar-refractivity contribution in [3.63, 3.8) is 0 Å². The van der Waals surface area contributed by atoms with Gasteiger partial charge in [-0.3, -0.25) is 4.79 Å². The molecule has 0 atom stereocenters. The van der Waals surface area contributed by atoms with Crippen LogP contribution in [0.2, 0.25) is 5.02 Å². The Labute approximate surface area is 175 Å². The van der Waals surface area contributed by atoms with Crippen LogP contribution < -0.4 is 14.2 Å². The molecule has 4 rings (SSSR count). The molecule has 2 aromatic carbocycles. The molecule has 0 aliphatic carbocycles.